The Morgan fingerprint density at radius 1 is 1.13 bits per heavy atom. The van der Waals surface area contributed by atoms with Gasteiger partial charge in [-0.2, -0.15) is 13.2 Å². The zero-order chi connectivity index (χ0) is 21.5. The number of likely N-dealkylation sites (tertiary alicyclic amines) is 1. The smallest absolute Gasteiger partial charge is 0.416 e. The molecule has 3 aromatic rings. The predicted molar refractivity (Wildman–Crippen MR) is 99.7 cm³/mol. The molecule has 2 N–H and O–H groups in total. The number of hydrogen-bond donors (Lipinski definition) is 2. The summed E-state index contributed by atoms with van der Waals surface area (Å²) in [5, 5.41) is 20.6. The molecule has 0 radical (unpaired) electrons. The van der Waals surface area contributed by atoms with Crippen LogP contribution in [0.4, 0.5) is 28.2 Å². The average molecular weight is 421 g/mol. The number of nitrogens with zero attached hydrogens (tertiary/aromatic N) is 4. The molecule has 3 heterocycles. The van der Waals surface area contributed by atoms with Gasteiger partial charge in [-0.15, -0.1) is 10.2 Å². The van der Waals surface area contributed by atoms with Crippen LogP contribution in [0.5, 0.6) is 0 Å². The van der Waals surface area contributed by atoms with Crippen LogP contribution < -0.4 is 5.32 Å². The molecule has 0 spiro atoms. The molecule has 1 saturated heterocycles. The van der Waals surface area contributed by atoms with Gasteiger partial charge < -0.3 is 15.3 Å². The lowest BCUT2D eigenvalue weighted by Gasteiger charge is -2.16. The molecule has 1 aliphatic heterocycles. The highest BCUT2D eigenvalue weighted by molar-refractivity contribution is 5.97. The van der Waals surface area contributed by atoms with Gasteiger partial charge in [0.05, 0.1) is 18.2 Å². The van der Waals surface area contributed by atoms with Gasteiger partial charge in [0.2, 0.25) is 0 Å². The number of carbonyl (C=O) groups is 1. The molecular formula is C19H15F4N5O2. The van der Waals surface area contributed by atoms with Crippen molar-refractivity contribution in [3.05, 3.63) is 48.2 Å². The van der Waals surface area contributed by atoms with Crippen molar-refractivity contribution >= 4 is 22.8 Å². The number of aromatic nitrogens is 3. The lowest BCUT2D eigenvalue weighted by Crippen LogP contribution is -2.31. The summed E-state index contributed by atoms with van der Waals surface area (Å²) < 4.78 is 52.7. The van der Waals surface area contributed by atoms with Crippen LogP contribution >= 0.6 is 0 Å². The maximum absolute atomic E-state index is 14.2. The van der Waals surface area contributed by atoms with Crippen LogP contribution in [0.25, 0.3) is 22.2 Å². The monoisotopic (exact) mass is 421 g/mol. The van der Waals surface area contributed by atoms with Crippen LogP contribution in [0.2, 0.25) is 0 Å². The van der Waals surface area contributed by atoms with E-state index in [4.69, 9.17) is 5.11 Å². The number of benzene rings is 1. The van der Waals surface area contributed by atoms with Crippen LogP contribution in [0.3, 0.4) is 0 Å². The van der Waals surface area contributed by atoms with E-state index in [-0.39, 0.29) is 18.9 Å². The van der Waals surface area contributed by atoms with E-state index in [9.17, 15) is 22.4 Å². The number of pyridine rings is 1. The highest BCUT2D eigenvalue weighted by Crippen LogP contribution is 2.33. The maximum Gasteiger partial charge on any atom is 0.416 e. The number of hydrogen-bond acceptors (Lipinski definition) is 5. The summed E-state index contributed by atoms with van der Waals surface area (Å²) in [5.41, 5.74) is 0.315. The minimum atomic E-state index is -4.45. The van der Waals surface area contributed by atoms with Crippen LogP contribution in [0.1, 0.15) is 5.56 Å². The third kappa shape index (κ3) is 3.70. The molecule has 2 atom stereocenters. The van der Waals surface area contributed by atoms with Crippen molar-refractivity contribution < 1.29 is 27.5 Å². The minimum absolute atomic E-state index is 0.0623. The fourth-order valence-electron chi connectivity index (χ4n) is 3.35. The minimum Gasteiger partial charge on any atom is -0.465 e. The summed E-state index contributed by atoms with van der Waals surface area (Å²) in [6.45, 7) is -0.317. The molecule has 1 aliphatic rings. The molecule has 0 unspecified atom stereocenters. The van der Waals surface area contributed by atoms with Crippen molar-refractivity contribution in [2.45, 2.75) is 18.4 Å². The molecular weight excluding hydrogens is 406 g/mol. The van der Waals surface area contributed by atoms with Crippen LogP contribution in [-0.4, -0.2) is 56.6 Å². The molecule has 2 aromatic heterocycles. The zero-order valence-corrected chi connectivity index (χ0v) is 15.3. The number of halogens is 4. The number of amides is 1. The summed E-state index contributed by atoms with van der Waals surface area (Å²) in [5.74, 6) is 0.168. The second-order valence-electron chi connectivity index (χ2n) is 6.83. The molecule has 30 heavy (non-hydrogen) atoms. The second kappa shape index (κ2) is 7.39. The molecule has 7 nitrogen and oxygen atoms in total. The number of fused-ring (bicyclic) bond motifs is 1. The molecule has 4 rings (SSSR count). The van der Waals surface area contributed by atoms with Gasteiger partial charge >= 0.3 is 12.3 Å². The van der Waals surface area contributed by atoms with Gasteiger partial charge in [0.25, 0.3) is 0 Å². The second-order valence-corrected chi connectivity index (χ2v) is 6.83. The Morgan fingerprint density at radius 3 is 2.50 bits per heavy atom. The van der Waals surface area contributed by atoms with E-state index in [0.717, 1.165) is 17.0 Å². The molecule has 0 saturated carbocycles. The van der Waals surface area contributed by atoms with Crippen LogP contribution in [-0.2, 0) is 6.18 Å². The first-order valence-corrected chi connectivity index (χ1v) is 8.91. The number of anilines is 1. The number of carboxylic acid groups (broad SMARTS) is 1. The zero-order valence-electron chi connectivity index (χ0n) is 15.3. The molecule has 1 fully saturated rings. The summed E-state index contributed by atoms with van der Waals surface area (Å²) >= 11 is 0. The lowest BCUT2D eigenvalue weighted by atomic mass is 10.0. The first-order chi connectivity index (χ1) is 14.2. The van der Waals surface area contributed by atoms with Gasteiger partial charge in [0.1, 0.15) is 17.4 Å². The fourth-order valence-corrected chi connectivity index (χ4v) is 3.35. The van der Waals surface area contributed by atoms with Crippen molar-refractivity contribution in [2.75, 3.05) is 18.4 Å². The van der Waals surface area contributed by atoms with E-state index < -0.39 is 30.0 Å². The van der Waals surface area contributed by atoms with E-state index in [1.54, 1.807) is 12.1 Å². The van der Waals surface area contributed by atoms with Crippen molar-refractivity contribution in [3.8, 4) is 11.3 Å². The Labute approximate surface area is 167 Å². The largest absolute Gasteiger partial charge is 0.465 e. The van der Waals surface area contributed by atoms with Gasteiger partial charge in [-0.3, -0.25) is 4.98 Å². The highest BCUT2D eigenvalue weighted by atomic mass is 19.4. The average Bonchev–Trinajstić information content (AvgIpc) is 3.08. The summed E-state index contributed by atoms with van der Waals surface area (Å²) in [6.07, 6.45) is -5.60. The van der Waals surface area contributed by atoms with E-state index in [0.29, 0.717) is 22.2 Å². The van der Waals surface area contributed by atoms with Crippen LogP contribution in [0, 0.1) is 0 Å². The van der Waals surface area contributed by atoms with Gasteiger partial charge in [-0.25, -0.2) is 9.18 Å². The van der Waals surface area contributed by atoms with Gasteiger partial charge in [0.15, 0.2) is 5.82 Å². The Kier molecular flexibility index (Phi) is 4.88. The van der Waals surface area contributed by atoms with E-state index >= 15 is 0 Å². The number of nitrogens with one attached hydrogen (secondary N) is 1. The molecule has 0 aliphatic carbocycles. The van der Waals surface area contributed by atoms with E-state index in [1.165, 1.54) is 18.3 Å². The Hall–Kier alpha value is -3.50. The third-order valence-electron chi connectivity index (χ3n) is 4.86. The first kappa shape index (κ1) is 19.8. The van der Waals surface area contributed by atoms with Crippen molar-refractivity contribution in [3.63, 3.8) is 0 Å². The normalized spacial score (nSPS) is 19.3. The molecule has 11 heteroatoms. The Balaban J connectivity index is 1.68. The first-order valence-electron chi connectivity index (χ1n) is 8.91. The Morgan fingerprint density at radius 2 is 1.87 bits per heavy atom. The SMILES string of the molecule is O=C(O)N1C[C@@H](F)[C@H](Nc2nnc(-c3ccc(C(F)(F)F)cc3)c3cccnc23)C1. The van der Waals surface area contributed by atoms with E-state index in [1.807, 2.05) is 0 Å². The van der Waals surface area contributed by atoms with Crippen molar-refractivity contribution in [1.29, 1.82) is 0 Å². The molecule has 1 amide bonds. The van der Waals surface area contributed by atoms with Gasteiger partial charge in [0, 0.05) is 23.7 Å². The summed E-state index contributed by atoms with van der Waals surface area (Å²) in [7, 11) is 0. The fraction of sp³-hybridized carbons (Fsp3) is 0.263. The maximum atomic E-state index is 14.2. The highest BCUT2D eigenvalue weighted by Gasteiger charge is 2.36. The van der Waals surface area contributed by atoms with Gasteiger partial charge in [-0.1, -0.05) is 12.1 Å². The summed E-state index contributed by atoms with van der Waals surface area (Å²) in [4.78, 5) is 16.3. The lowest BCUT2D eigenvalue weighted by molar-refractivity contribution is -0.137. The standard InChI is InChI=1S/C19H15F4N5O2/c20-13-8-28(18(29)30)9-14(13)25-17-16-12(2-1-7-24-16)15(26-27-17)10-3-5-11(6-4-10)19(21,22)23/h1-7,13-14H,8-9H2,(H,25,27)(H,29,30)/t13-,14-/m1/s1. The predicted octanol–water partition coefficient (Wildman–Crippen LogP) is 3.82. The van der Waals surface area contributed by atoms with Crippen molar-refractivity contribution in [1.82, 2.24) is 20.1 Å². The van der Waals surface area contributed by atoms with Crippen LogP contribution in [0.15, 0.2) is 42.6 Å². The Bertz CT molecular complexity index is 1090. The van der Waals surface area contributed by atoms with Gasteiger partial charge in [-0.05, 0) is 24.3 Å². The molecule has 0 bridgehead atoms. The number of rotatable bonds is 3. The molecule has 1 aromatic carbocycles. The quantitative estimate of drug-likeness (QED) is 0.625. The third-order valence-corrected chi connectivity index (χ3v) is 4.86. The molecule has 156 valence electrons. The topological polar surface area (TPSA) is 91.2 Å². The van der Waals surface area contributed by atoms with E-state index in [2.05, 4.69) is 20.5 Å². The van der Waals surface area contributed by atoms with Crippen molar-refractivity contribution in [2.24, 2.45) is 0 Å². The summed E-state index contributed by atoms with van der Waals surface area (Å²) in [6, 6.07) is 7.01. The number of alkyl halides is 4.